The van der Waals surface area contributed by atoms with Gasteiger partial charge in [-0.3, -0.25) is 9.59 Å². The molecular formula is C19H14FNO4. The predicted molar refractivity (Wildman–Crippen MR) is 89.4 cm³/mol. The Balaban J connectivity index is 1.70. The summed E-state index contributed by atoms with van der Waals surface area (Å²) in [4.78, 5) is 24.2. The highest BCUT2D eigenvalue weighted by molar-refractivity contribution is 6.13. The lowest BCUT2D eigenvalue weighted by atomic mass is 9.98. The minimum Gasteiger partial charge on any atom is -0.492 e. The molecule has 2 aromatic carbocycles. The molecule has 0 saturated carbocycles. The van der Waals surface area contributed by atoms with Gasteiger partial charge in [0.2, 0.25) is 0 Å². The molecule has 2 aliphatic rings. The van der Waals surface area contributed by atoms with E-state index in [0.717, 1.165) is 5.56 Å². The van der Waals surface area contributed by atoms with E-state index in [9.17, 15) is 14.0 Å². The van der Waals surface area contributed by atoms with Crippen molar-refractivity contribution in [3.05, 3.63) is 58.9 Å². The number of fused-ring (bicyclic) bond motifs is 2. The van der Waals surface area contributed by atoms with Crippen LogP contribution in [0.25, 0.3) is 6.08 Å². The molecule has 2 aliphatic heterocycles. The Kier molecular flexibility index (Phi) is 3.72. The first-order chi connectivity index (χ1) is 12.1. The summed E-state index contributed by atoms with van der Waals surface area (Å²) in [6, 6.07) is 9.22. The van der Waals surface area contributed by atoms with Crippen LogP contribution < -0.4 is 14.8 Å². The summed E-state index contributed by atoms with van der Waals surface area (Å²) < 4.78 is 24.4. The van der Waals surface area contributed by atoms with Gasteiger partial charge < -0.3 is 14.8 Å². The zero-order valence-electron chi connectivity index (χ0n) is 13.2. The fraction of sp³-hybridized carbons (Fsp3) is 0.158. The number of amides is 1. The smallest absolute Gasteiger partial charge is 0.262 e. The molecule has 1 N–H and O–H groups in total. The van der Waals surface area contributed by atoms with E-state index >= 15 is 0 Å². The van der Waals surface area contributed by atoms with Gasteiger partial charge in [0.1, 0.15) is 17.3 Å². The highest BCUT2D eigenvalue weighted by Gasteiger charge is 2.22. The first-order valence-corrected chi connectivity index (χ1v) is 7.84. The van der Waals surface area contributed by atoms with E-state index in [1.165, 1.54) is 18.2 Å². The minimum atomic E-state index is -0.481. The van der Waals surface area contributed by atoms with E-state index in [4.69, 9.17) is 9.47 Å². The molecule has 5 nitrogen and oxygen atoms in total. The van der Waals surface area contributed by atoms with Gasteiger partial charge in [0.25, 0.3) is 5.91 Å². The Morgan fingerprint density at radius 3 is 2.76 bits per heavy atom. The zero-order chi connectivity index (χ0) is 17.4. The number of nitrogens with one attached hydrogen (secondary N) is 1. The molecule has 0 radical (unpaired) electrons. The second-order valence-corrected chi connectivity index (χ2v) is 5.83. The maximum atomic E-state index is 13.5. The molecule has 0 fully saturated rings. The molecule has 0 bridgehead atoms. The molecule has 2 aromatic rings. The van der Waals surface area contributed by atoms with Crippen LogP contribution in [0.4, 0.5) is 10.1 Å². The zero-order valence-corrected chi connectivity index (χ0v) is 13.2. The van der Waals surface area contributed by atoms with Crippen molar-refractivity contribution in [3.8, 4) is 11.5 Å². The third kappa shape index (κ3) is 2.98. The van der Waals surface area contributed by atoms with Crippen LogP contribution in [-0.4, -0.2) is 24.9 Å². The summed E-state index contributed by atoms with van der Waals surface area (Å²) in [5.74, 6) is 0.0156. The van der Waals surface area contributed by atoms with Gasteiger partial charge in [-0.1, -0.05) is 6.07 Å². The second kappa shape index (κ2) is 6.05. The number of carbonyl (C=O) groups excluding carboxylic acids is 2. The Hall–Kier alpha value is -3.15. The van der Waals surface area contributed by atoms with Crippen molar-refractivity contribution in [1.29, 1.82) is 0 Å². The first-order valence-electron chi connectivity index (χ1n) is 7.84. The van der Waals surface area contributed by atoms with Gasteiger partial charge in [-0.25, -0.2) is 4.39 Å². The Labute approximate surface area is 143 Å². The summed E-state index contributed by atoms with van der Waals surface area (Å²) in [7, 11) is 0. The summed E-state index contributed by atoms with van der Waals surface area (Å²) in [6.45, 7) is 0.326. The molecule has 4 rings (SSSR count). The predicted octanol–water partition coefficient (Wildman–Crippen LogP) is 3.21. The molecule has 0 unspecified atom stereocenters. The molecule has 126 valence electrons. The number of hydrogen-bond donors (Lipinski definition) is 1. The molecule has 6 heteroatoms. The SMILES string of the molecule is O=C1COc2ccc(/C=C3/CCOc4ccc(F)cc4C3=O)cc2N1. The third-order valence-electron chi connectivity index (χ3n) is 4.08. The topological polar surface area (TPSA) is 64.6 Å². The summed E-state index contributed by atoms with van der Waals surface area (Å²) in [5, 5.41) is 2.73. The molecular weight excluding hydrogens is 325 g/mol. The number of halogens is 1. The van der Waals surface area contributed by atoms with Crippen LogP contribution in [0.3, 0.4) is 0 Å². The van der Waals surface area contributed by atoms with E-state index in [1.807, 2.05) is 0 Å². The standard InChI is InChI=1S/C19H14FNO4/c20-13-2-4-16-14(9-13)19(23)12(5-6-24-16)7-11-1-3-17-15(8-11)21-18(22)10-25-17/h1-4,7-9H,5-6,10H2,(H,21,22)/b12-7-. The Morgan fingerprint density at radius 1 is 1.04 bits per heavy atom. The molecule has 0 saturated heterocycles. The number of hydrogen-bond acceptors (Lipinski definition) is 4. The van der Waals surface area contributed by atoms with Gasteiger partial charge in [0, 0.05) is 12.0 Å². The number of anilines is 1. The highest BCUT2D eigenvalue weighted by Crippen LogP contribution is 2.31. The van der Waals surface area contributed by atoms with Crippen molar-refractivity contribution in [2.75, 3.05) is 18.5 Å². The Morgan fingerprint density at radius 2 is 1.88 bits per heavy atom. The molecule has 0 aliphatic carbocycles. The van der Waals surface area contributed by atoms with Gasteiger partial charge >= 0.3 is 0 Å². The number of benzene rings is 2. The van der Waals surface area contributed by atoms with Crippen LogP contribution in [0, 0.1) is 5.82 Å². The number of Topliss-reactive ketones (excluding diaryl/α,β-unsaturated/α-hetero) is 1. The average molecular weight is 339 g/mol. The van der Waals surface area contributed by atoms with Gasteiger partial charge in [-0.15, -0.1) is 0 Å². The van der Waals surface area contributed by atoms with Crippen molar-refractivity contribution >= 4 is 23.5 Å². The van der Waals surface area contributed by atoms with Crippen LogP contribution in [0.2, 0.25) is 0 Å². The fourth-order valence-corrected chi connectivity index (χ4v) is 2.89. The van der Waals surface area contributed by atoms with E-state index < -0.39 is 5.82 Å². The van der Waals surface area contributed by atoms with E-state index in [1.54, 1.807) is 24.3 Å². The van der Waals surface area contributed by atoms with Gasteiger partial charge in [-0.2, -0.15) is 0 Å². The van der Waals surface area contributed by atoms with Crippen LogP contribution in [0.5, 0.6) is 11.5 Å². The molecule has 2 heterocycles. The number of carbonyl (C=O) groups is 2. The molecule has 0 atom stereocenters. The van der Waals surface area contributed by atoms with E-state index in [2.05, 4.69) is 5.32 Å². The third-order valence-corrected chi connectivity index (χ3v) is 4.08. The van der Waals surface area contributed by atoms with Gasteiger partial charge in [-0.05, 0) is 42.0 Å². The molecule has 1 amide bonds. The van der Waals surface area contributed by atoms with Crippen LogP contribution >= 0.6 is 0 Å². The van der Waals surface area contributed by atoms with Gasteiger partial charge in [0.15, 0.2) is 12.4 Å². The van der Waals surface area contributed by atoms with Gasteiger partial charge in [0.05, 0.1) is 17.9 Å². The minimum absolute atomic E-state index is 0.00832. The van der Waals surface area contributed by atoms with E-state index in [0.29, 0.717) is 35.8 Å². The second-order valence-electron chi connectivity index (χ2n) is 5.83. The first kappa shape index (κ1) is 15.4. The maximum Gasteiger partial charge on any atom is 0.262 e. The summed E-state index contributed by atoms with van der Waals surface area (Å²) in [5.41, 5.74) is 2.05. The molecule has 25 heavy (non-hydrogen) atoms. The Bertz CT molecular complexity index is 920. The van der Waals surface area contributed by atoms with Crippen molar-refractivity contribution in [3.63, 3.8) is 0 Å². The number of ether oxygens (including phenoxy) is 2. The maximum absolute atomic E-state index is 13.5. The largest absolute Gasteiger partial charge is 0.492 e. The normalized spacial score (nSPS) is 17.7. The van der Waals surface area contributed by atoms with Crippen LogP contribution in [-0.2, 0) is 4.79 Å². The lowest BCUT2D eigenvalue weighted by molar-refractivity contribution is -0.118. The van der Waals surface area contributed by atoms with E-state index in [-0.39, 0.29) is 23.9 Å². The summed E-state index contributed by atoms with van der Waals surface area (Å²) in [6.07, 6.45) is 2.14. The van der Waals surface area contributed by atoms with Crippen molar-refractivity contribution in [2.24, 2.45) is 0 Å². The lowest BCUT2D eigenvalue weighted by Gasteiger charge is -2.18. The van der Waals surface area contributed by atoms with Crippen molar-refractivity contribution in [2.45, 2.75) is 6.42 Å². The number of ketones is 1. The lowest BCUT2D eigenvalue weighted by Crippen LogP contribution is -2.25. The monoisotopic (exact) mass is 339 g/mol. The summed E-state index contributed by atoms with van der Waals surface area (Å²) >= 11 is 0. The van der Waals surface area contributed by atoms with Crippen LogP contribution in [0.15, 0.2) is 42.0 Å². The highest BCUT2D eigenvalue weighted by atomic mass is 19.1. The number of rotatable bonds is 1. The molecule has 0 aromatic heterocycles. The van der Waals surface area contributed by atoms with Crippen molar-refractivity contribution in [1.82, 2.24) is 0 Å². The fourth-order valence-electron chi connectivity index (χ4n) is 2.89. The van der Waals surface area contributed by atoms with Crippen LogP contribution in [0.1, 0.15) is 22.3 Å². The average Bonchev–Trinajstić information content (AvgIpc) is 2.74. The quantitative estimate of drug-likeness (QED) is 0.811. The van der Waals surface area contributed by atoms with Crippen molar-refractivity contribution < 1.29 is 23.5 Å². The molecule has 0 spiro atoms.